The van der Waals surface area contributed by atoms with Gasteiger partial charge in [0.05, 0.1) is 12.4 Å². The van der Waals surface area contributed by atoms with Crippen LogP contribution in [0.4, 0.5) is 5.69 Å². The standard InChI is InChI=1S/C21H35N3.C19H30N2/c1-6-20(7-2)23-18(5)22-14-21-9-8-12-24(21)15-19-11-10-16(3)17(4)13-19;1-6-14-21(15-7-2)18(5)13-12-17(4)20-19-11-9-8-10-16(19)3/h6,13,21H,7-12,14-15H2,1-5H3,(H,22,23);8-11,20H,4-7,12-15H2,1-3H3/b20-6-;. The summed E-state index contributed by atoms with van der Waals surface area (Å²) in [4.78, 5) is 9.86. The van der Waals surface area contributed by atoms with Crippen molar-refractivity contribution in [1.29, 1.82) is 0 Å². The molecule has 1 aliphatic carbocycles. The SMILES string of the molecule is C/C=C(/CC)NC(C)=NCC1CCCN1CC1=CC(C)=C(C)CC1.C=C(CCC(=C)N(CCC)CCC)Nc1ccccc1C. The molecule has 0 radical (unpaired) electrons. The number of aliphatic imine (C=N–C) groups is 1. The van der Waals surface area contributed by atoms with E-state index < -0.39 is 0 Å². The number of rotatable bonds is 16. The van der Waals surface area contributed by atoms with Crippen LogP contribution < -0.4 is 10.6 Å². The minimum absolute atomic E-state index is 0.602. The minimum Gasteiger partial charge on any atom is -0.375 e. The average molecular weight is 616 g/mol. The van der Waals surface area contributed by atoms with Gasteiger partial charge < -0.3 is 15.5 Å². The highest BCUT2D eigenvalue weighted by atomic mass is 15.2. The van der Waals surface area contributed by atoms with Gasteiger partial charge in [0.25, 0.3) is 0 Å². The highest BCUT2D eigenvalue weighted by Crippen LogP contribution is 2.27. The number of nitrogens with one attached hydrogen (secondary N) is 2. The van der Waals surface area contributed by atoms with Gasteiger partial charge >= 0.3 is 0 Å². The number of amidine groups is 1. The summed E-state index contributed by atoms with van der Waals surface area (Å²) in [5, 5.41) is 6.84. The third kappa shape index (κ3) is 13.9. The Bertz CT molecular complexity index is 1190. The van der Waals surface area contributed by atoms with Gasteiger partial charge in [-0.2, -0.15) is 0 Å². The molecule has 0 aromatic heterocycles. The molecule has 250 valence electrons. The number of hydrogen-bond acceptors (Lipinski definition) is 4. The van der Waals surface area contributed by atoms with Crippen LogP contribution in [0.2, 0.25) is 0 Å². The van der Waals surface area contributed by atoms with E-state index in [0.717, 1.165) is 62.7 Å². The number of aryl methyl sites for hydroxylation is 1. The molecule has 1 unspecified atom stereocenters. The summed E-state index contributed by atoms with van der Waals surface area (Å²) in [6, 6.07) is 8.91. The Hall–Kier alpha value is -3.05. The molecule has 2 N–H and O–H groups in total. The predicted octanol–water partition coefficient (Wildman–Crippen LogP) is 10.2. The number of likely N-dealkylation sites (tertiary alicyclic amines) is 1. The maximum Gasteiger partial charge on any atom is 0.0973 e. The molecule has 45 heavy (non-hydrogen) atoms. The minimum atomic E-state index is 0.602. The molecular weight excluding hydrogens is 550 g/mol. The molecule has 5 heteroatoms. The van der Waals surface area contributed by atoms with Crippen LogP contribution in [0.1, 0.15) is 112 Å². The fourth-order valence-corrected chi connectivity index (χ4v) is 6.01. The van der Waals surface area contributed by atoms with Crippen LogP contribution in [0.5, 0.6) is 0 Å². The van der Waals surface area contributed by atoms with E-state index in [-0.39, 0.29) is 0 Å². The van der Waals surface area contributed by atoms with Gasteiger partial charge in [-0.1, -0.05) is 81.0 Å². The normalized spacial score (nSPS) is 17.4. The topological polar surface area (TPSA) is 42.9 Å². The predicted molar refractivity (Wildman–Crippen MR) is 200 cm³/mol. The molecule has 1 aromatic carbocycles. The van der Waals surface area contributed by atoms with Crippen molar-refractivity contribution >= 4 is 11.5 Å². The lowest BCUT2D eigenvalue weighted by Gasteiger charge is -2.26. The summed E-state index contributed by atoms with van der Waals surface area (Å²) in [5.74, 6) is 1.04. The maximum absolute atomic E-state index is 4.81. The first-order valence-corrected chi connectivity index (χ1v) is 17.6. The molecule has 0 bridgehead atoms. The van der Waals surface area contributed by atoms with Gasteiger partial charge in [0, 0.05) is 48.5 Å². The molecule has 1 atom stereocenters. The first-order valence-electron chi connectivity index (χ1n) is 17.6. The maximum atomic E-state index is 4.81. The highest BCUT2D eigenvalue weighted by Gasteiger charge is 2.25. The van der Waals surface area contributed by atoms with Crippen molar-refractivity contribution in [3.05, 3.63) is 88.9 Å². The van der Waals surface area contributed by atoms with E-state index in [4.69, 9.17) is 4.99 Å². The summed E-state index contributed by atoms with van der Waals surface area (Å²) in [6.07, 6.45) is 14.9. The van der Waals surface area contributed by atoms with E-state index in [1.54, 1.807) is 11.1 Å². The second kappa shape index (κ2) is 20.9. The van der Waals surface area contributed by atoms with Crippen molar-refractivity contribution in [3.63, 3.8) is 0 Å². The molecule has 2 aliphatic rings. The lowest BCUT2D eigenvalue weighted by Crippen LogP contribution is -2.34. The summed E-state index contributed by atoms with van der Waals surface area (Å²) < 4.78 is 0. The Morgan fingerprint density at radius 1 is 1.04 bits per heavy atom. The van der Waals surface area contributed by atoms with Gasteiger partial charge in [-0.15, -0.1) is 0 Å². The molecule has 5 nitrogen and oxygen atoms in total. The van der Waals surface area contributed by atoms with Crippen molar-refractivity contribution in [1.82, 2.24) is 15.1 Å². The van der Waals surface area contributed by atoms with Crippen LogP contribution in [0.3, 0.4) is 0 Å². The molecule has 1 aromatic rings. The fourth-order valence-electron chi connectivity index (χ4n) is 6.01. The van der Waals surface area contributed by atoms with Crippen molar-refractivity contribution < 1.29 is 0 Å². The summed E-state index contributed by atoms with van der Waals surface area (Å²) >= 11 is 0. The molecule has 1 aliphatic heterocycles. The average Bonchev–Trinajstić information content (AvgIpc) is 3.47. The van der Waals surface area contributed by atoms with Crippen molar-refractivity contribution in [2.24, 2.45) is 4.99 Å². The Morgan fingerprint density at radius 3 is 2.38 bits per heavy atom. The number of benzene rings is 1. The summed E-state index contributed by atoms with van der Waals surface area (Å²) in [5.41, 5.74) is 10.6. The molecule has 1 fully saturated rings. The van der Waals surface area contributed by atoms with Crippen LogP contribution in [0.15, 0.2) is 88.4 Å². The van der Waals surface area contributed by atoms with Crippen molar-refractivity contribution in [2.45, 2.75) is 119 Å². The van der Waals surface area contributed by atoms with E-state index >= 15 is 0 Å². The van der Waals surface area contributed by atoms with E-state index in [9.17, 15) is 0 Å². The van der Waals surface area contributed by atoms with E-state index in [1.807, 2.05) is 6.07 Å². The van der Waals surface area contributed by atoms with E-state index in [1.165, 1.54) is 67.6 Å². The van der Waals surface area contributed by atoms with Gasteiger partial charge in [-0.05, 0) is 111 Å². The first-order chi connectivity index (χ1) is 21.6. The largest absolute Gasteiger partial charge is 0.375 e. The number of para-hydroxylation sites is 1. The number of hydrogen-bond donors (Lipinski definition) is 2. The van der Waals surface area contributed by atoms with Crippen LogP contribution in [-0.4, -0.2) is 54.4 Å². The Balaban J connectivity index is 0.000000317. The lowest BCUT2D eigenvalue weighted by atomic mass is 9.94. The fraction of sp³-hybridized carbons (Fsp3) is 0.575. The zero-order valence-corrected chi connectivity index (χ0v) is 30.2. The van der Waals surface area contributed by atoms with E-state index in [0.29, 0.717) is 6.04 Å². The number of nitrogens with zero attached hydrogens (tertiary/aromatic N) is 3. The van der Waals surface area contributed by atoms with Crippen LogP contribution in [-0.2, 0) is 0 Å². The first kappa shape index (κ1) is 38.1. The summed E-state index contributed by atoms with van der Waals surface area (Å²) in [6.45, 7) is 31.3. The van der Waals surface area contributed by atoms with Crippen molar-refractivity contribution in [2.75, 3.05) is 38.0 Å². The Kier molecular flexibility index (Phi) is 17.7. The molecule has 3 rings (SSSR count). The number of allylic oxidation sites excluding steroid dienone is 7. The van der Waals surface area contributed by atoms with Crippen molar-refractivity contribution in [3.8, 4) is 0 Å². The smallest absolute Gasteiger partial charge is 0.0973 e. The molecule has 0 amide bonds. The molecule has 0 saturated carbocycles. The number of anilines is 1. The molecule has 1 heterocycles. The van der Waals surface area contributed by atoms with Crippen LogP contribution in [0, 0.1) is 6.92 Å². The van der Waals surface area contributed by atoms with Gasteiger partial charge in [-0.3, -0.25) is 9.89 Å². The third-order valence-electron chi connectivity index (χ3n) is 9.04. The van der Waals surface area contributed by atoms with E-state index in [2.05, 4.69) is 119 Å². The molecule has 0 spiro atoms. The van der Waals surface area contributed by atoms with Crippen LogP contribution in [0.25, 0.3) is 0 Å². The van der Waals surface area contributed by atoms with Gasteiger partial charge in [0.1, 0.15) is 0 Å². The van der Waals surface area contributed by atoms with Crippen LogP contribution >= 0.6 is 0 Å². The Labute approximate surface area is 277 Å². The quantitative estimate of drug-likeness (QED) is 0.143. The summed E-state index contributed by atoms with van der Waals surface area (Å²) in [7, 11) is 0. The lowest BCUT2D eigenvalue weighted by molar-refractivity contribution is 0.278. The third-order valence-corrected chi connectivity index (χ3v) is 9.04. The zero-order valence-electron chi connectivity index (χ0n) is 30.2. The second-order valence-electron chi connectivity index (χ2n) is 12.8. The van der Waals surface area contributed by atoms with Gasteiger partial charge in [-0.25, -0.2) is 0 Å². The zero-order chi connectivity index (χ0) is 33.2. The Morgan fingerprint density at radius 2 is 1.76 bits per heavy atom. The molecule has 1 saturated heterocycles. The van der Waals surface area contributed by atoms with Gasteiger partial charge in [0.15, 0.2) is 0 Å². The van der Waals surface area contributed by atoms with Gasteiger partial charge in [0.2, 0.25) is 0 Å². The highest BCUT2D eigenvalue weighted by molar-refractivity contribution is 5.81. The second-order valence-corrected chi connectivity index (χ2v) is 12.8. The molecular formula is C40H65N5. The monoisotopic (exact) mass is 616 g/mol.